The van der Waals surface area contributed by atoms with Crippen LogP contribution < -0.4 is 10.1 Å². The summed E-state index contributed by atoms with van der Waals surface area (Å²) in [5, 5.41) is 13.3. The molecule has 2 atom stereocenters. The van der Waals surface area contributed by atoms with Crippen LogP contribution in [0.3, 0.4) is 0 Å². The highest BCUT2D eigenvalue weighted by Crippen LogP contribution is 2.23. The van der Waals surface area contributed by atoms with Crippen LogP contribution in [-0.2, 0) is 6.42 Å². The molecule has 2 aromatic rings. The van der Waals surface area contributed by atoms with Crippen molar-refractivity contribution in [2.45, 2.75) is 17.8 Å². The summed E-state index contributed by atoms with van der Waals surface area (Å²) >= 11 is 1.36. The summed E-state index contributed by atoms with van der Waals surface area (Å²) in [5.41, 5.74) is 2.02. The normalized spacial score (nSPS) is 18.5. The zero-order valence-corrected chi connectivity index (χ0v) is 13.5. The van der Waals surface area contributed by atoms with Gasteiger partial charge in [-0.3, -0.25) is 4.79 Å². The molecule has 0 aromatic heterocycles. The monoisotopic (exact) mass is 329 g/mol. The Labute approximate surface area is 139 Å². The van der Waals surface area contributed by atoms with E-state index >= 15 is 0 Å². The predicted octanol–water partition coefficient (Wildman–Crippen LogP) is 3.17. The standard InChI is InChI=1S/C18H19NO3S/c20-17(14-4-2-1-3-5-14)12-22-15-8-6-13(7-9-15)10-16-11-19-18(21)23-16/h1-9,16-17,20H,10-12H2,(H,19,21). The van der Waals surface area contributed by atoms with E-state index in [0.29, 0.717) is 5.25 Å². The average Bonchev–Trinajstić information content (AvgIpc) is 2.99. The quantitative estimate of drug-likeness (QED) is 0.855. The van der Waals surface area contributed by atoms with Crippen LogP contribution in [0.1, 0.15) is 17.2 Å². The van der Waals surface area contributed by atoms with Crippen molar-refractivity contribution in [2.24, 2.45) is 0 Å². The number of aliphatic hydroxyl groups is 1. The van der Waals surface area contributed by atoms with Crippen LogP contribution in [0.2, 0.25) is 0 Å². The van der Waals surface area contributed by atoms with Crippen molar-refractivity contribution in [3.05, 3.63) is 65.7 Å². The Morgan fingerprint density at radius 3 is 2.57 bits per heavy atom. The van der Waals surface area contributed by atoms with E-state index in [2.05, 4.69) is 5.32 Å². The molecule has 1 saturated heterocycles. The van der Waals surface area contributed by atoms with Crippen LogP contribution in [0, 0.1) is 0 Å². The molecule has 1 aliphatic rings. The van der Waals surface area contributed by atoms with Gasteiger partial charge in [0, 0.05) is 11.8 Å². The maximum atomic E-state index is 11.2. The summed E-state index contributed by atoms with van der Waals surface area (Å²) in [4.78, 5) is 11.2. The molecule has 0 bridgehead atoms. The van der Waals surface area contributed by atoms with Crippen LogP contribution in [0.5, 0.6) is 5.75 Å². The highest BCUT2D eigenvalue weighted by molar-refractivity contribution is 8.14. The van der Waals surface area contributed by atoms with E-state index in [1.807, 2.05) is 54.6 Å². The van der Waals surface area contributed by atoms with Gasteiger partial charge in [0.25, 0.3) is 5.24 Å². The number of hydrogen-bond acceptors (Lipinski definition) is 4. The molecule has 2 unspecified atom stereocenters. The molecule has 1 amide bonds. The van der Waals surface area contributed by atoms with Gasteiger partial charge in [-0.25, -0.2) is 0 Å². The van der Waals surface area contributed by atoms with Crippen LogP contribution in [-0.4, -0.2) is 28.7 Å². The molecule has 1 heterocycles. The van der Waals surface area contributed by atoms with Crippen molar-refractivity contribution in [1.82, 2.24) is 5.32 Å². The fraction of sp³-hybridized carbons (Fsp3) is 0.278. The van der Waals surface area contributed by atoms with Gasteiger partial charge in [-0.2, -0.15) is 0 Å². The van der Waals surface area contributed by atoms with Gasteiger partial charge in [0.2, 0.25) is 0 Å². The number of ether oxygens (including phenoxy) is 1. The van der Waals surface area contributed by atoms with Crippen molar-refractivity contribution in [3.8, 4) is 5.75 Å². The van der Waals surface area contributed by atoms with Crippen LogP contribution in [0.15, 0.2) is 54.6 Å². The SMILES string of the molecule is O=C1NCC(Cc2ccc(OCC(O)c3ccccc3)cc2)S1. The van der Waals surface area contributed by atoms with Crippen molar-refractivity contribution < 1.29 is 14.6 Å². The van der Waals surface area contributed by atoms with E-state index in [1.165, 1.54) is 17.3 Å². The third kappa shape index (κ3) is 4.50. The molecule has 2 N–H and O–H groups in total. The first kappa shape index (κ1) is 15.9. The number of amides is 1. The van der Waals surface area contributed by atoms with Crippen LogP contribution in [0.25, 0.3) is 0 Å². The van der Waals surface area contributed by atoms with E-state index in [-0.39, 0.29) is 11.8 Å². The number of aliphatic hydroxyl groups excluding tert-OH is 1. The minimum absolute atomic E-state index is 0.0600. The van der Waals surface area contributed by atoms with Gasteiger partial charge in [-0.15, -0.1) is 0 Å². The van der Waals surface area contributed by atoms with Gasteiger partial charge in [-0.1, -0.05) is 54.2 Å². The van der Waals surface area contributed by atoms with Crippen LogP contribution >= 0.6 is 11.8 Å². The molecular weight excluding hydrogens is 310 g/mol. The smallest absolute Gasteiger partial charge is 0.279 e. The lowest BCUT2D eigenvalue weighted by molar-refractivity contribution is 0.108. The summed E-state index contributed by atoms with van der Waals surface area (Å²) in [6, 6.07) is 17.3. The highest BCUT2D eigenvalue weighted by atomic mass is 32.2. The molecule has 0 aliphatic carbocycles. The molecule has 1 fully saturated rings. The second-order valence-corrected chi connectivity index (χ2v) is 6.77. The second-order valence-electron chi connectivity index (χ2n) is 5.49. The lowest BCUT2D eigenvalue weighted by Crippen LogP contribution is -2.16. The molecule has 1 aliphatic heterocycles. The maximum absolute atomic E-state index is 11.2. The summed E-state index contributed by atoms with van der Waals surface area (Å²) in [6.45, 7) is 0.950. The summed E-state index contributed by atoms with van der Waals surface area (Å²) < 4.78 is 5.64. The lowest BCUT2D eigenvalue weighted by Gasteiger charge is -2.13. The minimum atomic E-state index is -0.636. The number of carbonyl (C=O) groups is 1. The van der Waals surface area contributed by atoms with Gasteiger partial charge in [-0.05, 0) is 29.7 Å². The molecule has 3 rings (SSSR count). The molecule has 120 valence electrons. The fourth-order valence-corrected chi connectivity index (χ4v) is 3.39. The molecule has 0 saturated carbocycles. The molecule has 2 aromatic carbocycles. The van der Waals surface area contributed by atoms with Gasteiger partial charge in [0.15, 0.2) is 0 Å². The van der Waals surface area contributed by atoms with Gasteiger partial charge < -0.3 is 15.2 Å². The van der Waals surface area contributed by atoms with Gasteiger partial charge in [0.05, 0.1) is 0 Å². The van der Waals surface area contributed by atoms with Crippen molar-refractivity contribution in [2.75, 3.05) is 13.2 Å². The van der Waals surface area contributed by atoms with Gasteiger partial charge >= 0.3 is 0 Å². The number of carbonyl (C=O) groups excluding carboxylic acids is 1. The fourth-order valence-electron chi connectivity index (χ4n) is 2.48. The van der Waals surface area contributed by atoms with Crippen molar-refractivity contribution >= 4 is 17.0 Å². The Morgan fingerprint density at radius 2 is 1.91 bits per heavy atom. The predicted molar refractivity (Wildman–Crippen MR) is 91.8 cm³/mol. The molecule has 0 radical (unpaired) electrons. The Bertz CT molecular complexity index is 645. The van der Waals surface area contributed by atoms with Crippen molar-refractivity contribution in [1.29, 1.82) is 0 Å². The number of thioether (sulfide) groups is 1. The molecule has 4 nitrogen and oxygen atoms in total. The zero-order chi connectivity index (χ0) is 16.1. The van der Waals surface area contributed by atoms with E-state index in [4.69, 9.17) is 4.74 Å². The summed E-state index contributed by atoms with van der Waals surface area (Å²) in [7, 11) is 0. The molecule has 23 heavy (non-hydrogen) atoms. The summed E-state index contributed by atoms with van der Waals surface area (Å²) in [6.07, 6.45) is 0.221. The lowest BCUT2D eigenvalue weighted by atomic mass is 10.1. The van der Waals surface area contributed by atoms with E-state index in [0.717, 1.165) is 24.3 Å². The van der Waals surface area contributed by atoms with E-state index in [1.54, 1.807) is 0 Å². The highest BCUT2D eigenvalue weighted by Gasteiger charge is 2.22. The number of benzene rings is 2. The number of rotatable bonds is 6. The topological polar surface area (TPSA) is 58.6 Å². The third-order valence-corrected chi connectivity index (χ3v) is 4.75. The van der Waals surface area contributed by atoms with Crippen LogP contribution in [0.4, 0.5) is 4.79 Å². The molecule has 5 heteroatoms. The Kier molecular flexibility index (Phi) is 5.20. The first-order valence-corrected chi connectivity index (χ1v) is 8.48. The molecular formula is C18H19NO3S. The molecule has 0 spiro atoms. The minimum Gasteiger partial charge on any atom is -0.491 e. The maximum Gasteiger partial charge on any atom is 0.279 e. The van der Waals surface area contributed by atoms with E-state index in [9.17, 15) is 9.90 Å². The zero-order valence-electron chi connectivity index (χ0n) is 12.6. The first-order chi connectivity index (χ1) is 11.2. The van der Waals surface area contributed by atoms with E-state index < -0.39 is 6.10 Å². The Morgan fingerprint density at radius 1 is 1.17 bits per heavy atom. The number of nitrogens with one attached hydrogen (secondary N) is 1. The Balaban J connectivity index is 1.50. The van der Waals surface area contributed by atoms with Crippen molar-refractivity contribution in [3.63, 3.8) is 0 Å². The first-order valence-electron chi connectivity index (χ1n) is 7.60. The van der Waals surface area contributed by atoms with Gasteiger partial charge in [0.1, 0.15) is 18.5 Å². The largest absolute Gasteiger partial charge is 0.491 e. The summed E-state index contributed by atoms with van der Waals surface area (Å²) in [5.74, 6) is 0.733. The number of hydrogen-bond donors (Lipinski definition) is 2. The second kappa shape index (κ2) is 7.53. The third-order valence-electron chi connectivity index (χ3n) is 3.73. The Hall–Kier alpha value is -1.98. The average molecular weight is 329 g/mol.